The van der Waals surface area contributed by atoms with Crippen molar-refractivity contribution >= 4 is 16.8 Å². The molecule has 1 aromatic heterocycles. The minimum absolute atomic E-state index is 0.0359. The molecule has 0 bridgehead atoms. The molecule has 1 unspecified atom stereocenters. The number of para-hydroxylation sites is 1. The Morgan fingerprint density at radius 1 is 1.19 bits per heavy atom. The van der Waals surface area contributed by atoms with Gasteiger partial charge >= 0.3 is 0 Å². The molecule has 5 heteroatoms. The number of nitrogens with one attached hydrogen (secondary N) is 2. The lowest BCUT2D eigenvalue weighted by molar-refractivity contribution is -0.121. The molecule has 0 aliphatic carbocycles. The first-order valence-electron chi connectivity index (χ1n) is 8.89. The number of methoxy groups -OCH3 is 1. The van der Waals surface area contributed by atoms with Crippen LogP contribution >= 0.6 is 0 Å². The molecule has 5 nitrogen and oxygen atoms in total. The monoisotopic (exact) mass is 351 g/mol. The molecule has 0 aliphatic heterocycles. The summed E-state index contributed by atoms with van der Waals surface area (Å²) in [4.78, 5) is 15.4. The van der Waals surface area contributed by atoms with E-state index >= 15 is 0 Å². The summed E-state index contributed by atoms with van der Waals surface area (Å²) in [7, 11) is 1.66. The number of carbonyl (C=O) groups is 1. The summed E-state index contributed by atoms with van der Waals surface area (Å²) in [5.41, 5.74) is 8.89. The van der Waals surface area contributed by atoms with Gasteiger partial charge in [0, 0.05) is 36.0 Å². The van der Waals surface area contributed by atoms with Crippen molar-refractivity contribution in [2.75, 3.05) is 20.2 Å². The van der Waals surface area contributed by atoms with Crippen molar-refractivity contribution in [3.8, 4) is 5.75 Å². The fourth-order valence-corrected chi connectivity index (χ4v) is 3.19. The van der Waals surface area contributed by atoms with Crippen molar-refractivity contribution < 1.29 is 9.53 Å². The van der Waals surface area contributed by atoms with E-state index in [2.05, 4.69) is 34.6 Å². The minimum Gasteiger partial charge on any atom is -0.497 e. The molecule has 1 atom stereocenters. The Hall–Kier alpha value is -2.79. The number of carbonyl (C=O) groups excluding carboxylic acids is 1. The quantitative estimate of drug-likeness (QED) is 0.583. The molecule has 0 saturated carbocycles. The van der Waals surface area contributed by atoms with Crippen molar-refractivity contribution in [2.24, 2.45) is 5.73 Å². The van der Waals surface area contributed by atoms with E-state index < -0.39 is 0 Å². The van der Waals surface area contributed by atoms with Crippen LogP contribution in [0.3, 0.4) is 0 Å². The number of ether oxygens (including phenoxy) is 1. The molecule has 26 heavy (non-hydrogen) atoms. The number of amides is 1. The molecule has 1 heterocycles. The van der Waals surface area contributed by atoms with E-state index in [4.69, 9.17) is 10.5 Å². The van der Waals surface area contributed by atoms with E-state index in [1.165, 1.54) is 10.9 Å². The van der Waals surface area contributed by atoms with E-state index in [0.29, 0.717) is 25.9 Å². The second kappa shape index (κ2) is 8.54. The molecule has 3 aromatic rings. The Bertz CT molecular complexity index is 855. The molecule has 0 aliphatic rings. The highest BCUT2D eigenvalue weighted by Gasteiger charge is 2.19. The van der Waals surface area contributed by atoms with Gasteiger partial charge in [0.1, 0.15) is 5.75 Å². The van der Waals surface area contributed by atoms with E-state index in [0.717, 1.165) is 16.8 Å². The summed E-state index contributed by atoms with van der Waals surface area (Å²) in [6.45, 7) is 1.06. The van der Waals surface area contributed by atoms with Gasteiger partial charge in [-0.1, -0.05) is 30.3 Å². The number of hydrogen-bond donors (Lipinski definition) is 3. The highest BCUT2D eigenvalue weighted by Crippen LogP contribution is 2.31. The molecule has 0 spiro atoms. The SMILES string of the molecule is COc1ccc(C(CNC(=O)CCCN)c2c[nH]c3ccccc23)cc1. The predicted octanol–water partition coefficient (Wildman–Crippen LogP) is 3.16. The largest absolute Gasteiger partial charge is 0.497 e. The summed E-state index contributed by atoms with van der Waals surface area (Å²) in [5.74, 6) is 0.908. The average Bonchev–Trinajstić information content (AvgIpc) is 3.11. The van der Waals surface area contributed by atoms with Gasteiger partial charge in [-0.3, -0.25) is 4.79 Å². The van der Waals surface area contributed by atoms with Gasteiger partial charge in [-0.15, -0.1) is 0 Å². The van der Waals surface area contributed by atoms with Crippen molar-refractivity contribution in [3.05, 3.63) is 65.9 Å². The molecule has 0 saturated heterocycles. The standard InChI is InChI=1S/C21H25N3O2/c1-26-16-10-8-15(9-11-16)18(13-24-21(25)7-4-12-22)19-14-23-20-6-3-2-5-17(19)20/h2-3,5-6,8-11,14,18,23H,4,7,12-13,22H2,1H3,(H,24,25). The fraction of sp³-hybridized carbons (Fsp3) is 0.286. The van der Waals surface area contributed by atoms with Crippen LogP contribution in [0.1, 0.15) is 29.9 Å². The lowest BCUT2D eigenvalue weighted by Gasteiger charge is -2.18. The number of rotatable bonds is 8. The Morgan fingerprint density at radius 2 is 1.96 bits per heavy atom. The Balaban J connectivity index is 1.89. The van der Waals surface area contributed by atoms with Gasteiger partial charge in [-0.05, 0) is 42.3 Å². The Labute approximate surface area is 153 Å². The summed E-state index contributed by atoms with van der Waals surface area (Å²) in [6.07, 6.45) is 3.19. The molecule has 2 aromatic carbocycles. The number of nitrogens with two attached hydrogens (primary N) is 1. The molecule has 136 valence electrons. The maximum atomic E-state index is 12.1. The zero-order valence-electron chi connectivity index (χ0n) is 15.0. The predicted molar refractivity (Wildman–Crippen MR) is 104 cm³/mol. The number of hydrogen-bond acceptors (Lipinski definition) is 3. The first-order valence-corrected chi connectivity index (χ1v) is 8.89. The summed E-state index contributed by atoms with van der Waals surface area (Å²) < 4.78 is 5.26. The van der Waals surface area contributed by atoms with Crippen LogP contribution in [0.25, 0.3) is 10.9 Å². The zero-order valence-corrected chi connectivity index (χ0v) is 15.0. The molecule has 1 amide bonds. The Kier molecular flexibility index (Phi) is 5.92. The number of aromatic amines is 1. The summed E-state index contributed by atoms with van der Waals surface area (Å²) in [5, 5.41) is 4.23. The summed E-state index contributed by atoms with van der Waals surface area (Å²) >= 11 is 0. The maximum Gasteiger partial charge on any atom is 0.220 e. The molecular formula is C21H25N3O2. The van der Waals surface area contributed by atoms with Gasteiger partial charge in [0.15, 0.2) is 0 Å². The number of benzene rings is 2. The van der Waals surface area contributed by atoms with Gasteiger partial charge in [0.2, 0.25) is 5.91 Å². The van der Waals surface area contributed by atoms with E-state index in [9.17, 15) is 4.79 Å². The third kappa shape index (κ3) is 4.06. The molecule has 3 rings (SSSR count). The van der Waals surface area contributed by atoms with Crippen LogP contribution < -0.4 is 15.8 Å². The van der Waals surface area contributed by atoms with Gasteiger partial charge in [-0.25, -0.2) is 0 Å². The first-order chi connectivity index (χ1) is 12.7. The van der Waals surface area contributed by atoms with E-state index in [-0.39, 0.29) is 11.8 Å². The maximum absolute atomic E-state index is 12.1. The van der Waals surface area contributed by atoms with E-state index in [1.54, 1.807) is 7.11 Å². The van der Waals surface area contributed by atoms with Gasteiger partial charge in [-0.2, -0.15) is 0 Å². The minimum atomic E-state index is 0.0359. The van der Waals surface area contributed by atoms with Gasteiger partial charge in [0.25, 0.3) is 0 Å². The molecule has 4 N–H and O–H groups in total. The molecular weight excluding hydrogens is 326 g/mol. The smallest absolute Gasteiger partial charge is 0.220 e. The van der Waals surface area contributed by atoms with Gasteiger partial charge in [0.05, 0.1) is 7.11 Å². The topological polar surface area (TPSA) is 80.1 Å². The van der Waals surface area contributed by atoms with Crippen molar-refractivity contribution in [2.45, 2.75) is 18.8 Å². The molecule has 0 fully saturated rings. The van der Waals surface area contributed by atoms with Crippen LogP contribution in [0.5, 0.6) is 5.75 Å². The lowest BCUT2D eigenvalue weighted by Crippen LogP contribution is -2.29. The lowest BCUT2D eigenvalue weighted by atomic mass is 9.90. The third-order valence-electron chi connectivity index (χ3n) is 4.63. The number of H-pyrrole nitrogens is 1. The summed E-state index contributed by atoms with van der Waals surface area (Å²) in [6, 6.07) is 16.2. The highest BCUT2D eigenvalue weighted by atomic mass is 16.5. The van der Waals surface area contributed by atoms with Crippen LogP contribution in [0, 0.1) is 0 Å². The fourth-order valence-electron chi connectivity index (χ4n) is 3.19. The molecule has 0 radical (unpaired) electrons. The normalized spacial score (nSPS) is 12.1. The van der Waals surface area contributed by atoms with Crippen LogP contribution in [0.4, 0.5) is 0 Å². The third-order valence-corrected chi connectivity index (χ3v) is 4.63. The van der Waals surface area contributed by atoms with Crippen LogP contribution in [-0.2, 0) is 4.79 Å². The van der Waals surface area contributed by atoms with Crippen molar-refractivity contribution in [1.82, 2.24) is 10.3 Å². The van der Waals surface area contributed by atoms with Crippen LogP contribution in [0.15, 0.2) is 54.7 Å². The van der Waals surface area contributed by atoms with E-state index in [1.807, 2.05) is 30.5 Å². The zero-order chi connectivity index (χ0) is 18.4. The second-order valence-corrected chi connectivity index (χ2v) is 6.31. The highest BCUT2D eigenvalue weighted by molar-refractivity contribution is 5.84. The van der Waals surface area contributed by atoms with Crippen LogP contribution in [0.2, 0.25) is 0 Å². The first kappa shape index (κ1) is 18.0. The Morgan fingerprint density at radius 3 is 2.69 bits per heavy atom. The number of fused-ring (bicyclic) bond motifs is 1. The van der Waals surface area contributed by atoms with Crippen molar-refractivity contribution in [3.63, 3.8) is 0 Å². The second-order valence-electron chi connectivity index (χ2n) is 6.31. The van der Waals surface area contributed by atoms with Gasteiger partial charge < -0.3 is 20.8 Å². The van der Waals surface area contributed by atoms with Crippen molar-refractivity contribution in [1.29, 1.82) is 0 Å². The average molecular weight is 351 g/mol. The number of aromatic nitrogens is 1. The van der Waals surface area contributed by atoms with Crippen LogP contribution in [-0.4, -0.2) is 31.1 Å².